The molecule has 3 nitrogen and oxygen atoms in total. The van der Waals surface area contributed by atoms with Crippen molar-refractivity contribution in [3.05, 3.63) is 50.1 Å². The summed E-state index contributed by atoms with van der Waals surface area (Å²) in [5, 5.41) is 9.33. The molecule has 0 fully saturated rings. The lowest BCUT2D eigenvalue weighted by Crippen LogP contribution is -2.09. The number of benzene rings is 1. The molecule has 20 heavy (non-hydrogen) atoms. The SMILES string of the molecule is COc1cccc(C(C#N)C(=O)c2cc(C)c(Br)s2)c1. The molecule has 5 heteroatoms. The Labute approximate surface area is 129 Å². The Hall–Kier alpha value is -1.64. The van der Waals surface area contributed by atoms with E-state index in [1.165, 1.54) is 11.3 Å². The molecule has 1 aromatic heterocycles. The van der Waals surface area contributed by atoms with E-state index >= 15 is 0 Å². The maximum atomic E-state index is 12.5. The number of aryl methyl sites for hydroxylation is 1. The van der Waals surface area contributed by atoms with Gasteiger partial charge in [0.15, 0.2) is 5.78 Å². The van der Waals surface area contributed by atoms with Gasteiger partial charge in [-0.3, -0.25) is 4.79 Å². The first-order valence-electron chi connectivity index (χ1n) is 5.90. The van der Waals surface area contributed by atoms with Crippen molar-refractivity contribution in [2.75, 3.05) is 7.11 Å². The van der Waals surface area contributed by atoms with E-state index in [-0.39, 0.29) is 5.78 Å². The zero-order valence-electron chi connectivity index (χ0n) is 11.0. The van der Waals surface area contributed by atoms with Gasteiger partial charge in [-0.05, 0) is 52.2 Å². The average molecular weight is 350 g/mol. The van der Waals surface area contributed by atoms with Gasteiger partial charge in [0.1, 0.15) is 11.7 Å². The smallest absolute Gasteiger partial charge is 0.194 e. The van der Waals surface area contributed by atoms with Crippen LogP contribution in [-0.2, 0) is 0 Å². The fraction of sp³-hybridized carbons (Fsp3) is 0.200. The number of hydrogen-bond acceptors (Lipinski definition) is 4. The topological polar surface area (TPSA) is 50.1 Å². The summed E-state index contributed by atoms with van der Waals surface area (Å²) in [5.41, 5.74) is 1.65. The first kappa shape index (κ1) is 14.8. The summed E-state index contributed by atoms with van der Waals surface area (Å²) < 4.78 is 6.05. The third-order valence-corrected chi connectivity index (χ3v) is 5.07. The maximum absolute atomic E-state index is 12.5. The number of methoxy groups -OCH3 is 1. The van der Waals surface area contributed by atoms with E-state index < -0.39 is 5.92 Å². The van der Waals surface area contributed by atoms with Gasteiger partial charge in [0.25, 0.3) is 0 Å². The predicted molar refractivity (Wildman–Crippen MR) is 82.4 cm³/mol. The summed E-state index contributed by atoms with van der Waals surface area (Å²) in [6.45, 7) is 1.92. The average Bonchev–Trinajstić information content (AvgIpc) is 2.79. The van der Waals surface area contributed by atoms with E-state index in [1.54, 1.807) is 31.4 Å². The third-order valence-electron chi connectivity index (χ3n) is 2.92. The maximum Gasteiger partial charge on any atom is 0.194 e. The van der Waals surface area contributed by atoms with Crippen molar-refractivity contribution in [1.82, 2.24) is 0 Å². The number of halogens is 1. The molecule has 0 aliphatic rings. The van der Waals surface area contributed by atoms with Crippen molar-refractivity contribution < 1.29 is 9.53 Å². The number of carbonyl (C=O) groups excluding carboxylic acids is 1. The minimum Gasteiger partial charge on any atom is -0.497 e. The summed E-state index contributed by atoms with van der Waals surface area (Å²) in [6, 6.07) is 10.9. The molecule has 1 unspecified atom stereocenters. The van der Waals surface area contributed by atoms with Crippen LogP contribution in [-0.4, -0.2) is 12.9 Å². The predicted octanol–water partition coefficient (Wildman–Crippen LogP) is 4.32. The number of Topliss-reactive ketones (excluding diaryl/α,β-unsaturated/α-hetero) is 1. The van der Waals surface area contributed by atoms with Crippen molar-refractivity contribution in [3.63, 3.8) is 0 Å². The van der Waals surface area contributed by atoms with Crippen LogP contribution in [0.25, 0.3) is 0 Å². The summed E-state index contributed by atoms with van der Waals surface area (Å²) in [7, 11) is 1.56. The molecule has 0 N–H and O–H groups in total. The van der Waals surface area contributed by atoms with E-state index in [0.717, 1.165) is 9.35 Å². The lowest BCUT2D eigenvalue weighted by atomic mass is 9.95. The second-order valence-electron chi connectivity index (χ2n) is 4.27. The minimum absolute atomic E-state index is 0.181. The van der Waals surface area contributed by atoms with Gasteiger partial charge in [0, 0.05) is 0 Å². The third kappa shape index (κ3) is 2.92. The molecule has 0 radical (unpaired) electrons. The number of ketones is 1. The Balaban J connectivity index is 2.37. The zero-order valence-corrected chi connectivity index (χ0v) is 13.4. The number of ether oxygens (including phenoxy) is 1. The highest BCUT2D eigenvalue weighted by Crippen LogP contribution is 2.31. The van der Waals surface area contributed by atoms with Gasteiger partial charge in [-0.1, -0.05) is 12.1 Å². The summed E-state index contributed by atoms with van der Waals surface area (Å²) in [5.74, 6) is -0.353. The standard InChI is InChI=1S/C15H12BrNO2S/c1-9-6-13(20-15(9)16)14(18)12(8-17)10-4-3-5-11(7-10)19-2/h3-7,12H,1-2H3. The van der Waals surface area contributed by atoms with Gasteiger partial charge >= 0.3 is 0 Å². The van der Waals surface area contributed by atoms with Gasteiger partial charge in [0.2, 0.25) is 0 Å². The van der Waals surface area contributed by atoms with Crippen molar-refractivity contribution in [2.45, 2.75) is 12.8 Å². The zero-order chi connectivity index (χ0) is 14.7. The molecule has 0 spiro atoms. The lowest BCUT2D eigenvalue weighted by Gasteiger charge is -2.08. The second kappa shape index (κ2) is 6.21. The Morgan fingerprint density at radius 3 is 2.75 bits per heavy atom. The van der Waals surface area contributed by atoms with Gasteiger partial charge in [-0.15, -0.1) is 11.3 Å². The van der Waals surface area contributed by atoms with Crippen LogP contribution in [0.4, 0.5) is 0 Å². The molecule has 0 aliphatic carbocycles. The number of carbonyl (C=O) groups is 1. The molecule has 0 aliphatic heterocycles. The van der Waals surface area contributed by atoms with Gasteiger partial charge in [0.05, 0.1) is 21.8 Å². The van der Waals surface area contributed by atoms with Crippen LogP contribution in [0, 0.1) is 18.3 Å². The number of hydrogen-bond donors (Lipinski definition) is 0. The molecule has 0 saturated carbocycles. The monoisotopic (exact) mass is 349 g/mol. The van der Waals surface area contributed by atoms with Crippen molar-refractivity contribution in [3.8, 4) is 11.8 Å². The molecular formula is C15H12BrNO2S. The molecule has 1 atom stereocenters. The van der Waals surface area contributed by atoms with E-state index in [2.05, 4.69) is 22.0 Å². The normalized spacial score (nSPS) is 11.7. The van der Waals surface area contributed by atoms with Crippen LogP contribution in [0.3, 0.4) is 0 Å². The Morgan fingerprint density at radius 1 is 1.45 bits per heavy atom. The lowest BCUT2D eigenvalue weighted by molar-refractivity contribution is 0.0982. The van der Waals surface area contributed by atoms with E-state index in [0.29, 0.717) is 16.2 Å². The van der Waals surface area contributed by atoms with Crippen LogP contribution in [0.5, 0.6) is 5.75 Å². The van der Waals surface area contributed by atoms with Gasteiger partial charge in [-0.2, -0.15) is 5.26 Å². The fourth-order valence-corrected chi connectivity index (χ4v) is 3.33. The number of nitrogens with zero attached hydrogens (tertiary/aromatic N) is 1. The molecule has 0 saturated heterocycles. The molecular weight excluding hydrogens is 338 g/mol. The largest absolute Gasteiger partial charge is 0.497 e. The first-order valence-corrected chi connectivity index (χ1v) is 7.51. The van der Waals surface area contributed by atoms with Crippen molar-refractivity contribution in [1.29, 1.82) is 5.26 Å². The van der Waals surface area contributed by atoms with Gasteiger partial charge in [-0.25, -0.2) is 0 Å². The molecule has 1 aromatic carbocycles. The van der Waals surface area contributed by atoms with E-state index in [4.69, 9.17) is 4.74 Å². The van der Waals surface area contributed by atoms with Crippen molar-refractivity contribution in [2.24, 2.45) is 0 Å². The van der Waals surface area contributed by atoms with Crippen LogP contribution >= 0.6 is 27.3 Å². The highest BCUT2D eigenvalue weighted by atomic mass is 79.9. The van der Waals surface area contributed by atoms with Crippen LogP contribution in [0.1, 0.15) is 26.7 Å². The summed E-state index contributed by atoms with van der Waals surface area (Å²) >= 11 is 4.75. The number of thiophene rings is 1. The van der Waals surface area contributed by atoms with Crippen LogP contribution in [0.2, 0.25) is 0 Å². The van der Waals surface area contributed by atoms with Crippen LogP contribution in [0.15, 0.2) is 34.1 Å². The highest BCUT2D eigenvalue weighted by Gasteiger charge is 2.24. The number of rotatable bonds is 4. The molecule has 2 rings (SSSR count). The van der Waals surface area contributed by atoms with E-state index in [1.807, 2.05) is 13.0 Å². The first-order chi connectivity index (χ1) is 9.56. The molecule has 0 bridgehead atoms. The molecule has 2 aromatic rings. The molecule has 0 amide bonds. The van der Waals surface area contributed by atoms with Crippen LogP contribution < -0.4 is 4.74 Å². The van der Waals surface area contributed by atoms with Gasteiger partial charge < -0.3 is 4.74 Å². The second-order valence-corrected chi connectivity index (χ2v) is 6.64. The quantitative estimate of drug-likeness (QED) is 0.772. The van der Waals surface area contributed by atoms with Crippen molar-refractivity contribution >= 4 is 33.0 Å². The molecule has 102 valence electrons. The minimum atomic E-state index is -0.810. The highest BCUT2D eigenvalue weighted by molar-refractivity contribution is 9.11. The van der Waals surface area contributed by atoms with E-state index in [9.17, 15) is 10.1 Å². The Morgan fingerprint density at radius 2 is 2.20 bits per heavy atom. The number of nitriles is 1. The molecule has 1 heterocycles. The Bertz CT molecular complexity index is 668. The fourth-order valence-electron chi connectivity index (χ4n) is 1.83. The summed E-state index contributed by atoms with van der Waals surface area (Å²) in [4.78, 5) is 13.1. The summed E-state index contributed by atoms with van der Waals surface area (Å²) in [6.07, 6.45) is 0. The Kier molecular flexibility index (Phi) is 4.58.